The molecule has 1 aliphatic carbocycles. The van der Waals surface area contributed by atoms with Crippen LogP contribution in [0.2, 0.25) is 0 Å². The van der Waals surface area contributed by atoms with Crippen LogP contribution in [0.5, 0.6) is 0 Å². The Hall–Kier alpha value is -0.870. The van der Waals surface area contributed by atoms with Crippen molar-refractivity contribution < 1.29 is 5.11 Å². The molecule has 0 aliphatic heterocycles. The van der Waals surface area contributed by atoms with Gasteiger partial charge in [-0.05, 0) is 26.9 Å². The predicted octanol–water partition coefficient (Wildman–Crippen LogP) is 1.25. The van der Waals surface area contributed by atoms with Gasteiger partial charge in [-0.25, -0.2) is 4.98 Å². The highest BCUT2D eigenvalue weighted by Gasteiger charge is 2.36. The van der Waals surface area contributed by atoms with Gasteiger partial charge in [0, 0.05) is 12.1 Å². The van der Waals surface area contributed by atoms with Gasteiger partial charge in [0.2, 0.25) is 0 Å². The van der Waals surface area contributed by atoms with Crippen molar-refractivity contribution in [2.45, 2.75) is 44.4 Å². The molecule has 1 aromatic rings. The van der Waals surface area contributed by atoms with Crippen molar-refractivity contribution in [1.82, 2.24) is 14.5 Å². The molecule has 16 heavy (non-hydrogen) atoms. The van der Waals surface area contributed by atoms with Crippen molar-refractivity contribution in [1.29, 1.82) is 0 Å². The molecule has 0 amide bonds. The number of aromatic nitrogens is 2. The fourth-order valence-electron chi connectivity index (χ4n) is 2.72. The van der Waals surface area contributed by atoms with Crippen molar-refractivity contribution in [3.63, 3.8) is 0 Å². The second-order valence-corrected chi connectivity index (χ2v) is 5.00. The first kappa shape index (κ1) is 11.6. The summed E-state index contributed by atoms with van der Waals surface area (Å²) in [7, 11) is 4.31. The van der Waals surface area contributed by atoms with E-state index in [1.54, 1.807) is 6.20 Å². The first-order valence-electron chi connectivity index (χ1n) is 5.95. The highest BCUT2D eigenvalue weighted by atomic mass is 16.3. The minimum atomic E-state index is 0.0729. The van der Waals surface area contributed by atoms with E-state index in [1.165, 1.54) is 25.7 Å². The van der Waals surface area contributed by atoms with E-state index in [2.05, 4.69) is 28.5 Å². The summed E-state index contributed by atoms with van der Waals surface area (Å²) < 4.78 is 2.09. The zero-order valence-corrected chi connectivity index (χ0v) is 10.2. The van der Waals surface area contributed by atoms with Gasteiger partial charge >= 0.3 is 0 Å². The molecule has 0 saturated heterocycles. The number of rotatable bonds is 4. The van der Waals surface area contributed by atoms with E-state index in [-0.39, 0.29) is 12.1 Å². The molecular formula is C12H21N3O. The third kappa shape index (κ3) is 1.99. The van der Waals surface area contributed by atoms with Gasteiger partial charge in [0.05, 0.1) is 24.8 Å². The molecule has 0 aromatic carbocycles. The van der Waals surface area contributed by atoms with Gasteiger partial charge < -0.3 is 14.6 Å². The van der Waals surface area contributed by atoms with Crippen LogP contribution >= 0.6 is 0 Å². The maximum Gasteiger partial charge on any atom is 0.0949 e. The van der Waals surface area contributed by atoms with Gasteiger partial charge in [0.15, 0.2) is 0 Å². The molecule has 1 aliphatic rings. The van der Waals surface area contributed by atoms with Gasteiger partial charge in [0.25, 0.3) is 0 Å². The van der Waals surface area contributed by atoms with E-state index >= 15 is 0 Å². The number of imidazole rings is 1. The highest BCUT2D eigenvalue weighted by molar-refractivity contribution is 5.01. The lowest BCUT2D eigenvalue weighted by Crippen LogP contribution is -2.45. The summed E-state index contributed by atoms with van der Waals surface area (Å²) in [6.07, 6.45) is 8.67. The Bertz CT molecular complexity index is 340. The molecule has 1 heterocycles. The van der Waals surface area contributed by atoms with E-state index < -0.39 is 0 Å². The number of nitrogens with zero attached hydrogens (tertiary/aromatic N) is 3. The Morgan fingerprint density at radius 3 is 2.69 bits per heavy atom. The molecule has 0 atom stereocenters. The van der Waals surface area contributed by atoms with Crippen molar-refractivity contribution in [2.24, 2.45) is 0 Å². The van der Waals surface area contributed by atoms with Crippen molar-refractivity contribution in [2.75, 3.05) is 14.1 Å². The Kier molecular flexibility index (Phi) is 3.30. The SMILES string of the molecule is CN(C)C1(Cn2cncc2CO)CCCC1. The summed E-state index contributed by atoms with van der Waals surface area (Å²) >= 11 is 0. The Balaban J connectivity index is 2.18. The number of likely N-dealkylation sites (N-methyl/N-ethyl adjacent to an activating group) is 1. The monoisotopic (exact) mass is 223 g/mol. The van der Waals surface area contributed by atoms with E-state index in [4.69, 9.17) is 0 Å². The maximum atomic E-state index is 9.23. The third-order valence-electron chi connectivity index (χ3n) is 3.91. The molecule has 0 radical (unpaired) electrons. The predicted molar refractivity (Wildman–Crippen MR) is 63.0 cm³/mol. The maximum absolute atomic E-state index is 9.23. The first-order valence-corrected chi connectivity index (χ1v) is 5.95. The van der Waals surface area contributed by atoms with Gasteiger partial charge in [-0.1, -0.05) is 12.8 Å². The van der Waals surface area contributed by atoms with Crippen LogP contribution in [-0.4, -0.2) is 39.2 Å². The van der Waals surface area contributed by atoms with Crippen LogP contribution in [0, 0.1) is 0 Å². The van der Waals surface area contributed by atoms with Gasteiger partial charge in [-0.3, -0.25) is 0 Å². The molecule has 4 heteroatoms. The second-order valence-electron chi connectivity index (χ2n) is 5.00. The molecular weight excluding hydrogens is 202 g/mol. The Morgan fingerprint density at radius 2 is 2.12 bits per heavy atom. The summed E-state index contributed by atoms with van der Waals surface area (Å²) in [5.74, 6) is 0. The standard InChI is InChI=1S/C12H21N3O/c1-14(2)12(5-3-4-6-12)9-15-10-13-7-11(15)8-16/h7,10,16H,3-6,8-9H2,1-2H3. The Labute approximate surface area is 96.9 Å². The molecule has 0 unspecified atom stereocenters. The minimum absolute atomic E-state index is 0.0729. The summed E-state index contributed by atoms with van der Waals surface area (Å²) in [6.45, 7) is 1.01. The first-order chi connectivity index (χ1) is 7.68. The average molecular weight is 223 g/mol. The highest BCUT2D eigenvalue weighted by Crippen LogP contribution is 2.35. The van der Waals surface area contributed by atoms with Crippen LogP contribution in [-0.2, 0) is 13.2 Å². The molecule has 2 rings (SSSR count). The topological polar surface area (TPSA) is 41.3 Å². The van der Waals surface area contributed by atoms with Gasteiger partial charge in [-0.2, -0.15) is 0 Å². The average Bonchev–Trinajstić information content (AvgIpc) is 2.88. The van der Waals surface area contributed by atoms with Crippen molar-refractivity contribution in [3.05, 3.63) is 18.2 Å². The smallest absolute Gasteiger partial charge is 0.0949 e. The summed E-state index contributed by atoms with van der Waals surface area (Å²) in [5.41, 5.74) is 1.16. The van der Waals surface area contributed by atoms with Crippen molar-refractivity contribution in [3.8, 4) is 0 Å². The zero-order valence-electron chi connectivity index (χ0n) is 10.2. The fourth-order valence-corrected chi connectivity index (χ4v) is 2.72. The van der Waals surface area contributed by atoms with E-state index in [0.29, 0.717) is 0 Å². The molecule has 1 fully saturated rings. The minimum Gasteiger partial charge on any atom is -0.390 e. The lowest BCUT2D eigenvalue weighted by molar-refractivity contribution is 0.130. The molecule has 0 bridgehead atoms. The third-order valence-corrected chi connectivity index (χ3v) is 3.91. The van der Waals surface area contributed by atoms with Crippen LogP contribution < -0.4 is 0 Å². The van der Waals surface area contributed by atoms with Gasteiger partial charge in [-0.15, -0.1) is 0 Å². The second kappa shape index (κ2) is 4.55. The lowest BCUT2D eigenvalue weighted by atomic mass is 9.96. The quantitative estimate of drug-likeness (QED) is 0.835. The summed E-state index contributed by atoms with van der Waals surface area (Å²) in [5, 5.41) is 9.23. The molecule has 90 valence electrons. The molecule has 0 spiro atoms. The van der Waals surface area contributed by atoms with E-state index in [0.717, 1.165) is 12.2 Å². The summed E-state index contributed by atoms with van der Waals surface area (Å²) in [4.78, 5) is 6.44. The number of hydrogen-bond donors (Lipinski definition) is 1. The van der Waals surface area contributed by atoms with E-state index in [9.17, 15) is 5.11 Å². The van der Waals surface area contributed by atoms with Crippen molar-refractivity contribution >= 4 is 0 Å². The van der Waals surface area contributed by atoms with Crippen LogP contribution in [0.25, 0.3) is 0 Å². The fraction of sp³-hybridized carbons (Fsp3) is 0.750. The number of aliphatic hydroxyl groups excluding tert-OH is 1. The van der Waals surface area contributed by atoms with Crippen LogP contribution in [0.3, 0.4) is 0 Å². The molecule has 1 saturated carbocycles. The summed E-state index contributed by atoms with van der Waals surface area (Å²) in [6, 6.07) is 0. The molecule has 1 aromatic heterocycles. The zero-order chi connectivity index (χ0) is 11.6. The van der Waals surface area contributed by atoms with Gasteiger partial charge in [0.1, 0.15) is 0 Å². The Morgan fingerprint density at radius 1 is 1.44 bits per heavy atom. The van der Waals surface area contributed by atoms with Crippen LogP contribution in [0.4, 0.5) is 0 Å². The van der Waals surface area contributed by atoms with Crippen LogP contribution in [0.15, 0.2) is 12.5 Å². The van der Waals surface area contributed by atoms with E-state index in [1.807, 2.05) is 6.33 Å². The lowest BCUT2D eigenvalue weighted by Gasteiger charge is -2.37. The molecule has 1 N–H and O–H groups in total. The number of aliphatic hydroxyl groups is 1. The number of hydrogen-bond acceptors (Lipinski definition) is 3. The largest absolute Gasteiger partial charge is 0.390 e. The van der Waals surface area contributed by atoms with Crippen LogP contribution in [0.1, 0.15) is 31.4 Å². The normalized spacial score (nSPS) is 19.5. The molecule has 4 nitrogen and oxygen atoms in total.